The maximum atomic E-state index is 5.74. The van der Waals surface area contributed by atoms with E-state index in [0.29, 0.717) is 18.5 Å². The van der Waals surface area contributed by atoms with Crippen molar-refractivity contribution in [3.63, 3.8) is 0 Å². The molecule has 16 heavy (non-hydrogen) atoms. The Balaban J connectivity index is 2.08. The van der Waals surface area contributed by atoms with Crippen molar-refractivity contribution < 1.29 is 4.74 Å². The highest BCUT2D eigenvalue weighted by atomic mass is 16.5. The Bertz CT molecular complexity index is 345. The average molecular weight is 222 g/mol. The predicted molar refractivity (Wildman–Crippen MR) is 61.1 cm³/mol. The van der Waals surface area contributed by atoms with Crippen LogP contribution in [0.25, 0.3) is 0 Å². The summed E-state index contributed by atoms with van der Waals surface area (Å²) in [7, 11) is 1.62. The fourth-order valence-electron chi connectivity index (χ4n) is 2.20. The van der Waals surface area contributed by atoms with Gasteiger partial charge in [-0.1, -0.05) is 0 Å². The van der Waals surface area contributed by atoms with Crippen LogP contribution in [0.3, 0.4) is 0 Å². The second-order valence-corrected chi connectivity index (χ2v) is 4.01. The maximum absolute atomic E-state index is 5.74. The highest BCUT2D eigenvalue weighted by Gasteiger charge is 2.24. The monoisotopic (exact) mass is 222 g/mol. The summed E-state index contributed by atoms with van der Waals surface area (Å²) in [6.45, 7) is 2.57. The lowest BCUT2D eigenvalue weighted by atomic mass is 10.2. The summed E-state index contributed by atoms with van der Waals surface area (Å²) in [5, 5.41) is 0. The third kappa shape index (κ3) is 2.31. The first-order valence-electron chi connectivity index (χ1n) is 5.63. The van der Waals surface area contributed by atoms with Gasteiger partial charge >= 0.3 is 0 Å². The zero-order chi connectivity index (χ0) is 11.4. The Hall–Kier alpha value is -1.20. The fourth-order valence-corrected chi connectivity index (χ4v) is 2.20. The predicted octanol–water partition coefficient (Wildman–Crippen LogP) is 0.408. The van der Waals surface area contributed by atoms with E-state index >= 15 is 0 Å². The van der Waals surface area contributed by atoms with Gasteiger partial charge in [0.1, 0.15) is 5.69 Å². The molecule has 1 atom stereocenters. The molecule has 1 aromatic rings. The summed E-state index contributed by atoms with van der Waals surface area (Å²) < 4.78 is 5.19. The lowest BCUT2D eigenvalue weighted by Crippen LogP contribution is -2.35. The van der Waals surface area contributed by atoms with Crippen LogP contribution in [0.1, 0.15) is 18.5 Å². The van der Waals surface area contributed by atoms with Gasteiger partial charge < -0.3 is 10.5 Å². The van der Waals surface area contributed by atoms with E-state index in [1.807, 2.05) is 0 Å². The van der Waals surface area contributed by atoms with Crippen molar-refractivity contribution in [2.75, 3.05) is 20.2 Å². The molecule has 2 N–H and O–H groups in total. The lowest BCUT2D eigenvalue weighted by molar-refractivity contribution is 0.241. The molecule has 1 fully saturated rings. The van der Waals surface area contributed by atoms with Crippen molar-refractivity contribution in [3.05, 3.63) is 18.1 Å². The minimum absolute atomic E-state index is 0.478. The first-order valence-corrected chi connectivity index (χ1v) is 5.63. The third-order valence-electron chi connectivity index (χ3n) is 3.05. The zero-order valence-electron chi connectivity index (χ0n) is 9.59. The van der Waals surface area contributed by atoms with E-state index in [2.05, 4.69) is 14.9 Å². The van der Waals surface area contributed by atoms with E-state index in [4.69, 9.17) is 10.5 Å². The van der Waals surface area contributed by atoms with E-state index in [1.165, 1.54) is 12.8 Å². The Morgan fingerprint density at radius 3 is 3.06 bits per heavy atom. The topological polar surface area (TPSA) is 64.3 Å². The van der Waals surface area contributed by atoms with E-state index in [-0.39, 0.29) is 0 Å². The zero-order valence-corrected chi connectivity index (χ0v) is 9.59. The molecule has 5 nitrogen and oxygen atoms in total. The number of nitrogens with zero attached hydrogens (tertiary/aromatic N) is 3. The van der Waals surface area contributed by atoms with Crippen molar-refractivity contribution in [2.24, 2.45) is 5.73 Å². The van der Waals surface area contributed by atoms with Crippen molar-refractivity contribution in [2.45, 2.75) is 25.4 Å². The van der Waals surface area contributed by atoms with Crippen molar-refractivity contribution in [1.82, 2.24) is 14.9 Å². The Labute approximate surface area is 95.6 Å². The lowest BCUT2D eigenvalue weighted by Gasteiger charge is -2.22. The molecule has 0 spiro atoms. The molecular formula is C11H18N4O. The first-order chi connectivity index (χ1) is 7.85. The van der Waals surface area contributed by atoms with Gasteiger partial charge in [-0.25, -0.2) is 4.98 Å². The SMILES string of the molecule is COc1nccnc1CN1CCC[C@H]1CN. The first kappa shape index (κ1) is 11.3. The van der Waals surface area contributed by atoms with Crippen LogP contribution < -0.4 is 10.5 Å². The summed E-state index contributed by atoms with van der Waals surface area (Å²) in [6, 6.07) is 0.478. The fraction of sp³-hybridized carbons (Fsp3) is 0.636. The van der Waals surface area contributed by atoms with Gasteiger partial charge in [-0.2, -0.15) is 0 Å². The molecular weight excluding hydrogens is 204 g/mol. The molecule has 1 aromatic heterocycles. The number of hydrogen-bond acceptors (Lipinski definition) is 5. The van der Waals surface area contributed by atoms with Crippen molar-refractivity contribution in [3.8, 4) is 5.88 Å². The molecule has 88 valence electrons. The molecule has 1 saturated heterocycles. The molecule has 0 aliphatic carbocycles. The van der Waals surface area contributed by atoms with Crippen LogP contribution in [0.15, 0.2) is 12.4 Å². The molecule has 0 radical (unpaired) electrons. The van der Waals surface area contributed by atoms with Gasteiger partial charge in [0, 0.05) is 31.5 Å². The largest absolute Gasteiger partial charge is 0.480 e. The van der Waals surface area contributed by atoms with E-state index < -0.39 is 0 Å². The number of nitrogens with two attached hydrogens (primary N) is 1. The summed E-state index contributed by atoms with van der Waals surface area (Å²) in [6.07, 6.45) is 5.74. The van der Waals surface area contributed by atoms with Crippen LogP contribution in [-0.2, 0) is 6.54 Å². The highest BCUT2D eigenvalue weighted by Crippen LogP contribution is 2.21. The van der Waals surface area contributed by atoms with Crippen LogP contribution in [0.5, 0.6) is 5.88 Å². The summed E-state index contributed by atoms with van der Waals surface area (Å²) in [5.74, 6) is 0.616. The van der Waals surface area contributed by atoms with Gasteiger partial charge in [-0.05, 0) is 19.4 Å². The van der Waals surface area contributed by atoms with E-state index in [1.54, 1.807) is 19.5 Å². The number of ether oxygens (including phenoxy) is 1. The maximum Gasteiger partial charge on any atom is 0.236 e. The molecule has 1 aliphatic heterocycles. The molecule has 0 bridgehead atoms. The number of methoxy groups -OCH3 is 1. The second kappa shape index (κ2) is 5.23. The summed E-state index contributed by atoms with van der Waals surface area (Å²) >= 11 is 0. The molecule has 0 amide bonds. The molecule has 0 unspecified atom stereocenters. The van der Waals surface area contributed by atoms with E-state index in [0.717, 1.165) is 18.8 Å². The number of hydrogen-bond donors (Lipinski definition) is 1. The number of likely N-dealkylation sites (tertiary alicyclic amines) is 1. The number of aromatic nitrogens is 2. The molecule has 2 heterocycles. The summed E-state index contributed by atoms with van der Waals surface area (Å²) in [5.41, 5.74) is 6.63. The minimum Gasteiger partial charge on any atom is -0.480 e. The van der Waals surface area contributed by atoms with Crippen LogP contribution in [0.2, 0.25) is 0 Å². The van der Waals surface area contributed by atoms with Gasteiger partial charge in [0.05, 0.1) is 7.11 Å². The molecule has 0 aromatic carbocycles. The third-order valence-corrected chi connectivity index (χ3v) is 3.05. The van der Waals surface area contributed by atoms with Gasteiger partial charge in [0.2, 0.25) is 5.88 Å². The Morgan fingerprint density at radius 2 is 2.31 bits per heavy atom. The second-order valence-electron chi connectivity index (χ2n) is 4.01. The average Bonchev–Trinajstić information content (AvgIpc) is 2.77. The Kier molecular flexibility index (Phi) is 3.69. The van der Waals surface area contributed by atoms with Gasteiger partial charge in [-0.15, -0.1) is 0 Å². The van der Waals surface area contributed by atoms with Gasteiger partial charge in [-0.3, -0.25) is 9.88 Å². The smallest absolute Gasteiger partial charge is 0.236 e. The molecule has 5 heteroatoms. The highest BCUT2D eigenvalue weighted by molar-refractivity contribution is 5.17. The van der Waals surface area contributed by atoms with E-state index in [9.17, 15) is 0 Å². The Morgan fingerprint density at radius 1 is 1.50 bits per heavy atom. The van der Waals surface area contributed by atoms with Crippen molar-refractivity contribution in [1.29, 1.82) is 0 Å². The van der Waals surface area contributed by atoms with Crippen LogP contribution in [0, 0.1) is 0 Å². The van der Waals surface area contributed by atoms with Gasteiger partial charge in [0.15, 0.2) is 0 Å². The standard InChI is InChI=1S/C11H18N4O/c1-16-11-10(13-4-5-14-11)8-15-6-2-3-9(15)7-12/h4-5,9H,2-3,6-8,12H2,1H3/t9-/m0/s1. The van der Waals surface area contributed by atoms with Crippen LogP contribution >= 0.6 is 0 Å². The minimum atomic E-state index is 0.478. The summed E-state index contributed by atoms with van der Waals surface area (Å²) in [4.78, 5) is 10.8. The van der Waals surface area contributed by atoms with Gasteiger partial charge in [0.25, 0.3) is 0 Å². The molecule has 2 rings (SSSR count). The number of rotatable bonds is 4. The van der Waals surface area contributed by atoms with Crippen LogP contribution in [-0.4, -0.2) is 41.1 Å². The molecule has 0 saturated carbocycles. The van der Waals surface area contributed by atoms with Crippen molar-refractivity contribution >= 4 is 0 Å². The quantitative estimate of drug-likeness (QED) is 0.799. The van der Waals surface area contributed by atoms with Crippen LogP contribution in [0.4, 0.5) is 0 Å². The molecule has 1 aliphatic rings. The normalized spacial score (nSPS) is 21.2.